The van der Waals surface area contributed by atoms with Gasteiger partial charge in [-0.25, -0.2) is 9.59 Å². The van der Waals surface area contributed by atoms with Gasteiger partial charge in [0.25, 0.3) is 5.91 Å². The van der Waals surface area contributed by atoms with Crippen molar-refractivity contribution < 1.29 is 23.9 Å². The van der Waals surface area contributed by atoms with Crippen LogP contribution in [0.4, 0.5) is 0 Å². The molecular formula is C13H17Cl3N2O5S. The number of hydrogen-bond donors (Lipinski definition) is 1. The van der Waals surface area contributed by atoms with Crippen LogP contribution in [0.3, 0.4) is 0 Å². The molecule has 11 heteroatoms. The molecule has 2 fully saturated rings. The van der Waals surface area contributed by atoms with Crippen molar-refractivity contribution in [3.05, 3.63) is 0 Å². The fraction of sp³-hybridized carbons (Fsp3) is 0.769. The van der Waals surface area contributed by atoms with Crippen LogP contribution in [0.1, 0.15) is 20.8 Å². The predicted molar refractivity (Wildman–Crippen MR) is 90.9 cm³/mol. The summed E-state index contributed by atoms with van der Waals surface area (Å²) >= 11 is 17.9. The van der Waals surface area contributed by atoms with Crippen LogP contribution in [0.2, 0.25) is 0 Å². The molecule has 0 unspecified atom stereocenters. The van der Waals surface area contributed by atoms with E-state index in [9.17, 15) is 14.4 Å². The van der Waals surface area contributed by atoms with Crippen LogP contribution >= 0.6 is 46.6 Å². The monoisotopic (exact) mass is 418 g/mol. The number of fused-ring (bicyclic) bond motifs is 1. The van der Waals surface area contributed by atoms with E-state index in [2.05, 4.69) is 0 Å². The summed E-state index contributed by atoms with van der Waals surface area (Å²) in [6.45, 7) is 4.75. The molecule has 2 aliphatic heterocycles. The van der Waals surface area contributed by atoms with Crippen molar-refractivity contribution in [2.75, 3.05) is 13.2 Å². The number of hydrogen-bond acceptors (Lipinski definition) is 7. The second-order valence-corrected chi connectivity index (χ2v) is 10.3. The molecule has 0 aliphatic carbocycles. The van der Waals surface area contributed by atoms with E-state index in [4.69, 9.17) is 50.0 Å². The van der Waals surface area contributed by atoms with Crippen LogP contribution in [0.15, 0.2) is 0 Å². The first-order chi connectivity index (χ1) is 10.9. The minimum absolute atomic E-state index is 0.0978. The fourth-order valence-corrected chi connectivity index (χ4v) is 4.53. The third-order valence-corrected chi connectivity index (χ3v) is 5.78. The average Bonchev–Trinajstić information content (AvgIpc) is 2.72. The van der Waals surface area contributed by atoms with Crippen molar-refractivity contribution in [1.82, 2.24) is 4.90 Å². The lowest BCUT2D eigenvalue weighted by molar-refractivity contribution is -0.178. The van der Waals surface area contributed by atoms with Crippen molar-refractivity contribution >= 4 is 64.4 Å². The Kier molecular flexibility index (Phi) is 5.30. The van der Waals surface area contributed by atoms with Crippen LogP contribution in [0, 0.1) is 0 Å². The van der Waals surface area contributed by atoms with Crippen LogP contribution < -0.4 is 5.73 Å². The zero-order valence-corrected chi connectivity index (χ0v) is 16.3. The van der Waals surface area contributed by atoms with Gasteiger partial charge >= 0.3 is 11.9 Å². The molecule has 2 rings (SSSR count). The van der Waals surface area contributed by atoms with E-state index < -0.39 is 49.9 Å². The number of thioether (sulfide) groups is 1. The van der Waals surface area contributed by atoms with Crippen molar-refractivity contribution in [2.45, 2.75) is 46.3 Å². The molecule has 24 heavy (non-hydrogen) atoms. The van der Waals surface area contributed by atoms with E-state index in [1.807, 2.05) is 0 Å². The van der Waals surface area contributed by atoms with Crippen LogP contribution in [0.5, 0.6) is 0 Å². The van der Waals surface area contributed by atoms with Crippen LogP contribution in [-0.4, -0.2) is 61.5 Å². The van der Waals surface area contributed by atoms with Crippen molar-refractivity contribution in [1.29, 1.82) is 0 Å². The van der Waals surface area contributed by atoms with E-state index in [0.29, 0.717) is 0 Å². The van der Waals surface area contributed by atoms with E-state index in [0.717, 1.165) is 0 Å². The van der Waals surface area contributed by atoms with Crippen molar-refractivity contribution in [3.63, 3.8) is 0 Å². The van der Waals surface area contributed by atoms with Gasteiger partial charge in [-0.3, -0.25) is 4.79 Å². The van der Waals surface area contributed by atoms with Gasteiger partial charge < -0.3 is 20.1 Å². The summed E-state index contributed by atoms with van der Waals surface area (Å²) in [6.07, 6.45) is 0. The minimum atomic E-state index is -1.80. The quantitative estimate of drug-likeness (QED) is 0.316. The second kappa shape index (κ2) is 6.39. The number of nitrogens with two attached hydrogens (primary N) is 1. The summed E-state index contributed by atoms with van der Waals surface area (Å²) in [7, 11) is 0. The number of esters is 2. The molecule has 1 amide bonds. The number of β-lactam (4-membered cyclic amide) rings is 1. The maximum atomic E-state index is 12.5. The molecule has 3 atom stereocenters. The lowest BCUT2D eigenvalue weighted by Crippen LogP contribution is -2.81. The van der Waals surface area contributed by atoms with Gasteiger partial charge in [0.15, 0.2) is 0 Å². The first-order valence-electron chi connectivity index (χ1n) is 7.06. The van der Waals surface area contributed by atoms with E-state index in [-0.39, 0.29) is 6.61 Å². The molecule has 2 aliphatic rings. The third-order valence-electron chi connectivity index (χ3n) is 3.80. The molecule has 2 heterocycles. The molecule has 136 valence electrons. The zero-order chi connectivity index (χ0) is 18.5. The smallest absolute Gasteiger partial charge is 0.339 e. The summed E-state index contributed by atoms with van der Waals surface area (Å²) < 4.78 is 7.40. The van der Waals surface area contributed by atoms with Gasteiger partial charge in [-0.05, 0) is 20.8 Å². The molecule has 2 N–H and O–H groups in total. The van der Waals surface area contributed by atoms with Gasteiger partial charge in [-0.2, -0.15) is 0 Å². The molecule has 0 aromatic carbocycles. The van der Waals surface area contributed by atoms with Gasteiger partial charge in [0, 0.05) is 4.75 Å². The van der Waals surface area contributed by atoms with Gasteiger partial charge in [0.1, 0.15) is 18.0 Å². The molecule has 0 radical (unpaired) electrons. The Morgan fingerprint density at radius 2 is 1.92 bits per heavy atom. The highest BCUT2D eigenvalue weighted by Crippen LogP contribution is 2.54. The third kappa shape index (κ3) is 3.19. The van der Waals surface area contributed by atoms with Gasteiger partial charge in [-0.15, -0.1) is 11.8 Å². The topological polar surface area (TPSA) is 98.9 Å². The van der Waals surface area contributed by atoms with Crippen LogP contribution in [-0.2, 0) is 23.9 Å². The number of rotatable bonds is 4. The molecular weight excluding hydrogens is 403 g/mol. The summed E-state index contributed by atoms with van der Waals surface area (Å²) in [5.74, 6) is -2.21. The Balaban J connectivity index is 2.21. The second-order valence-electron chi connectivity index (χ2n) is 6.00. The van der Waals surface area contributed by atoms with Crippen LogP contribution in [0.25, 0.3) is 0 Å². The Morgan fingerprint density at radius 3 is 2.42 bits per heavy atom. The normalized spacial score (nSPS) is 31.3. The summed E-state index contributed by atoms with van der Waals surface area (Å²) in [5, 5.41) is -0.718. The number of amides is 1. The highest BCUT2D eigenvalue weighted by atomic mass is 35.6. The molecule has 0 aromatic rings. The number of ether oxygens (including phenoxy) is 2. The predicted octanol–water partition coefficient (Wildman–Crippen LogP) is 1.22. The highest BCUT2D eigenvalue weighted by Gasteiger charge is 2.74. The zero-order valence-electron chi connectivity index (χ0n) is 13.2. The number of alkyl halides is 3. The lowest BCUT2D eigenvalue weighted by Gasteiger charge is -2.48. The number of carbonyl (C=O) groups excluding carboxylic acids is 3. The first-order valence-corrected chi connectivity index (χ1v) is 9.07. The molecule has 7 nitrogen and oxygen atoms in total. The summed E-state index contributed by atoms with van der Waals surface area (Å²) in [4.78, 5) is 38.2. The Bertz CT molecular complexity index is 582. The Hall–Kier alpha value is -0.410. The largest absolute Gasteiger partial charge is 0.464 e. The first kappa shape index (κ1) is 19.9. The van der Waals surface area contributed by atoms with Gasteiger partial charge in [0.2, 0.25) is 9.33 Å². The summed E-state index contributed by atoms with van der Waals surface area (Å²) in [6, 6.07) is -0.946. The molecule has 0 spiro atoms. The maximum absolute atomic E-state index is 12.5. The van der Waals surface area contributed by atoms with Crippen molar-refractivity contribution in [2.24, 2.45) is 5.73 Å². The maximum Gasteiger partial charge on any atom is 0.339 e. The number of halogens is 3. The highest BCUT2D eigenvalue weighted by molar-refractivity contribution is 8.01. The SMILES string of the molecule is CCOC(=O)[C@]1(N)C(=O)N2[C@@H](C(=O)OCC(Cl)(Cl)Cl)C(C)(C)S[C@@H]21. The fourth-order valence-electron chi connectivity index (χ4n) is 2.74. The Labute approximate surface area is 158 Å². The molecule has 0 bridgehead atoms. The number of nitrogens with zero attached hydrogens (tertiary/aromatic N) is 1. The van der Waals surface area contributed by atoms with E-state index in [1.165, 1.54) is 16.7 Å². The Morgan fingerprint density at radius 1 is 1.33 bits per heavy atom. The van der Waals surface area contributed by atoms with E-state index >= 15 is 0 Å². The minimum Gasteiger partial charge on any atom is -0.464 e. The molecule has 2 saturated heterocycles. The molecule has 0 aromatic heterocycles. The lowest BCUT2D eigenvalue weighted by atomic mass is 9.85. The number of carbonyl (C=O) groups is 3. The van der Waals surface area contributed by atoms with E-state index in [1.54, 1.807) is 20.8 Å². The van der Waals surface area contributed by atoms with Gasteiger partial charge in [-0.1, -0.05) is 34.8 Å². The average molecular weight is 420 g/mol. The molecule has 0 saturated carbocycles. The van der Waals surface area contributed by atoms with Crippen molar-refractivity contribution in [3.8, 4) is 0 Å². The summed E-state index contributed by atoms with van der Waals surface area (Å²) in [5.41, 5.74) is 4.18. The van der Waals surface area contributed by atoms with Gasteiger partial charge in [0.05, 0.1) is 6.61 Å². The standard InChI is InChI=1S/C13H17Cl3N2O5S/c1-4-22-10(21)13(17)8(20)18-6(11(2,3)24-9(13)18)7(19)23-5-12(14,15)16/h6,9H,4-5,17H2,1-3H3/t6-,9+,13-/m0/s1.